The molecule has 0 aliphatic carbocycles. The molecule has 90 heavy (non-hydrogen) atoms. The van der Waals surface area contributed by atoms with E-state index in [1.807, 2.05) is 11.8 Å². The summed E-state index contributed by atoms with van der Waals surface area (Å²) in [6.07, 6.45) is 3.40. The number of carboxylic acid groups (broad SMARTS) is 1. The van der Waals surface area contributed by atoms with Gasteiger partial charge in [0, 0.05) is 55.6 Å². The van der Waals surface area contributed by atoms with E-state index in [1.54, 1.807) is 18.2 Å². The number of nitrogens with one attached hydrogen (secondary N) is 6. The van der Waals surface area contributed by atoms with Gasteiger partial charge in [0.15, 0.2) is 6.61 Å². The van der Waals surface area contributed by atoms with Crippen molar-refractivity contribution in [3.8, 4) is 5.75 Å². The van der Waals surface area contributed by atoms with Crippen LogP contribution in [0.4, 0.5) is 4.79 Å². The van der Waals surface area contributed by atoms with Gasteiger partial charge in [-0.15, -0.1) is 0 Å². The third-order valence-electron chi connectivity index (χ3n) is 12.6. The van der Waals surface area contributed by atoms with Crippen LogP contribution in [0.3, 0.4) is 0 Å². The maximum Gasteiger partial charge on any atom is 0.315 e. The van der Waals surface area contributed by atoms with Crippen LogP contribution in [0, 0.1) is 0 Å². The Balaban J connectivity index is 0.918. The van der Waals surface area contributed by atoms with Crippen molar-refractivity contribution in [1.29, 1.82) is 0 Å². The zero-order valence-electron chi connectivity index (χ0n) is 52.4. The fraction of sp³-hybridized carbons (Fsp3) is 0.797. The maximum absolute atomic E-state index is 12.6. The molecule has 31 heteroatoms. The minimum atomic E-state index is -0.907. The Kier molecular flexibility index (Phi) is 51.5. The number of thioether (sulfide) groups is 1. The van der Waals surface area contributed by atoms with Crippen molar-refractivity contribution in [3.05, 3.63) is 29.8 Å². The lowest BCUT2D eigenvalue weighted by molar-refractivity contribution is -0.138. The summed E-state index contributed by atoms with van der Waals surface area (Å²) in [5.41, 5.74) is 0.336. The van der Waals surface area contributed by atoms with Crippen molar-refractivity contribution in [2.75, 3.05) is 250 Å². The van der Waals surface area contributed by atoms with Crippen molar-refractivity contribution in [1.82, 2.24) is 31.9 Å². The minimum absolute atomic E-state index is 0.0307. The van der Waals surface area contributed by atoms with Crippen LogP contribution in [-0.2, 0) is 95.0 Å². The molecule has 0 saturated carbocycles. The molecule has 0 spiro atoms. The normalized spacial score (nSPS) is 15.1. The summed E-state index contributed by atoms with van der Waals surface area (Å²) in [4.78, 5) is 71.0. The highest BCUT2D eigenvalue weighted by atomic mass is 32.2. The van der Waals surface area contributed by atoms with Gasteiger partial charge in [0.05, 0.1) is 230 Å². The zero-order valence-corrected chi connectivity index (χ0v) is 53.2. The number of benzene rings is 1. The van der Waals surface area contributed by atoms with Gasteiger partial charge in [-0.25, -0.2) is 4.79 Å². The third-order valence-corrected chi connectivity index (χ3v) is 14.1. The molecule has 3 rings (SSSR count). The number of hydrogen-bond donors (Lipinski definition) is 7. The standard InChI is InChI=1S/C59H102N6O24S/c66-53(7-2-1-6-52-57-51(48-90-52)64-59(72)65-57)61-12-16-75-20-24-79-29-31-82-33-35-84-37-39-86-41-43-88-45-44-87-42-40-85-38-36-83-34-32-81-30-27-77-22-18-73-14-8-54(67)60-10-11-63-58(71)49-4-3-5-50(46-49)89-47-55(68)62-13-17-76-21-25-80-28-26-78-23-19-74-15-9-56(69)70/h3-5,46,51-52,57H,1-2,6-45,47-48H2,(H,60,67)(H,61,66)(H,62,68)(H,63,71)(H,69,70)(H2,64,65,72)/t51-,52-,57-/m0/s1. The number of carbonyl (C=O) groups is 6. The smallest absolute Gasteiger partial charge is 0.315 e. The Morgan fingerprint density at radius 3 is 1.26 bits per heavy atom. The van der Waals surface area contributed by atoms with Gasteiger partial charge in [-0.05, 0) is 31.0 Å². The molecule has 30 nitrogen and oxygen atoms in total. The number of urea groups is 1. The molecule has 1 aromatic carbocycles. The lowest BCUT2D eigenvalue weighted by Gasteiger charge is -2.16. The fourth-order valence-corrected chi connectivity index (χ4v) is 9.53. The van der Waals surface area contributed by atoms with Crippen LogP contribution in [0.2, 0.25) is 0 Å². The molecule has 0 bridgehead atoms. The van der Waals surface area contributed by atoms with Gasteiger partial charge in [0.25, 0.3) is 11.8 Å². The second-order valence-corrected chi connectivity index (χ2v) is 21.0. The highest BCUT2D eigenvalue weighted by Gasteiger charge is 2.42. The highest BCUT2D eigenvalue weighted by Crippen LogP contribution is 2.33. The number of amides is 6. The van der Waals surface area contributed by atoms with Crippen LogP contribution < -0.4 is 36.6 Å². The van der Waals surface area contributed by atoms with E-state index >= 15 is 0 Å². The van der Waals surface area contributed by atoms with E-state index in [1.165, 1.54) is 6.07 Å². The molecular weight excluding hydrogens is 1210 g/mol. The van der Waals surface area contributed by atoms with E-state index in [-0.39, 0.29) is 101 Å². The van der Waals surface area contributed by atoms with Crippen LogP contribution in [-0.4, -0.2) is 308 Å². The van der Waals surface area contributed by atoms with Crippen molar-refractivity contribution in [2.45, 2.75) is 55.9 Å². The molecule has 0 unspecified atom stereocenters. The van der Waals surface area contributed by atoms with Crippen LogP contribution in [0.5, 0.6) is 5.75 Å². The molecule has 6 amide bonds. The molecule has 518 valence electrons. The van der Waals surface area contributed by atoms with Crippen LogP contribution in [0.25, 0.3) is 0 Å². The van der Waals surface area contributed by atoms with E-state index in [0.29, 0.717) is 221 Å². The summed E-state index contributed by atoms with van der Waals surface area (Å²) in [7, 11) is 0. The number of ether oxygens (including phenoxy) is 17. The first kappa shape index (κ1) is 79.6. The number of carbonyl (C=O) groups excluding carboxylic acids is 5. The minimum Gasteiger partial charge on any atom is -0.484 e. The molecule has 2 aliphatic heterocycles. The van der Waals surface area contributed by atoms with Gasteiger partial charge in [-0.2, -0.15) is 11.8 Å². The Labute approximate surface area is 533 Å². The lowest BCUT2D eigenvalue weighted by atomic mass is 10.0. The van der Waals surface area contributed by atoms with Crippen molar-refractivity contribution >= 4 is 47.4 Å². The van der Waals surface area contributed by atoms with E-state index in [2.05, 4.69) is 31.9 Å². The molecule has 1 aromatic rings. The summed E-state index contributed by atoms with van der Waals surface area (Å²) in [6, 6.07) is 6.79. The predicted molar refractivity (Wildman–Crippen MR) is 327 cm³/mol. The number of fused-ring (bicyclic) bond motifs is 1. The Bertz CT molecular complexity index is 1980. The molecule has 3 atom stereocenters. The van der Waals surface area contributed by atoms with Gasteiger partial charge in [-0.1, -0.05) is 12.5 Å². The second kappa shape index (κ2) is 58.2. The monoisotopic (exact) mass is 1310 g/mol. The fourth-order valence-electron chi connectivity index (χ4n) is 7.99. The van der Waals surface area contributed by atoms with Gasteiger partial charge in [-0.3, -0.25) is 24.0 Å². The molecule has 2 fully saturated rings. The molecular formula is C59H102N6O24S. The first-order valence-electron chi connectivity index (χ1n) is 31.2. The van der Waals surface area contributed by atoms with Crippen molar-refractivity contribution in [3.63, 3.8) is 0 Å². The number of hydrogen-bond acceptors (Lipinski definition) is 24. The molecule has 2 aliphatic rings. The SMILES string of the molecule is O=C(O)CCOCCOCCOCCOCCNC(=O)COc1cccc(C(=O)NCCNC(=O)CCOCCOCCOCCOCCOCCOCCOCCOCCOCCOCCOCCOCCNC(=O)CCCC[C@@H]2SC[C@@H]3NC(=O)N[C@@H]32)c1. The average Bonchev–Trinajstić information content (AvgIpc) is 1.91. The third kappa shape index (κ3) is 47.3. The van der Waals surface area contributed by atoms with Crippen LogP contribution >= 0.6 is 11.8 Å². The number of unbranched alkanes of at least 4 members (excludes halogenated alkanes) is 1. The lowest BCUT2D eigenvalue weighted by Crippen LogP contribution is -2.36. The summed E-state index contributed by atoms with van der Waals surface area (Å²) in [5, 5.41) is 26.0. The Morgan fingerprint density at radius 1 is 0.433 bits per heavy atom. The van der Waals surface area contributed by atoms with Gasteiger partial charge in [0.2, 0.25) is 11.8 Å². The number of carboxylic acids is 1. The van der Waals surface area contributed by atoms with Gasteiger partial charge >= 0.3 is 12.0 Å². The first-order chi connectivity index (χ1) is 44.2. The predicted octanol–water partition coefficient (Wildman–Crippen LogP) is -0.0000000000000152. The summed E-state index contributed by atoms with van der Waals surface area (Å²) >= 11 is 1.89. The zero-order chi connectivity index (χ0) is 64.3. The summed E-state index contributed by atoms with van der Waals surface area (Å²) in [5.74, 6) is -0.508. The van der Waals surface area contributed by atoms with E-state index in [9.17, 15) is 28.8 Å². The van der Waals surface area contributed by atoms with Crippen LogP contribution in [0.1, 0.15) is 48.9 Å². The quantitative estimate of drug-likeness (QED) is 0.0333. The molecule has 2 heterocycles. The summed E-state index contributed by atoms with van der Waals surface area (Å²) < 4.78 is 93.0. The summed E-state index contributed by atoms with van der Waals surface area (Å²) in [6.45, 7) is 13.7. The van der Waals surface area contributed by atoms with Crippen molar-refractivity contribution in [2.24, 2.45) is 0 Å². The van der Waals surface area contributed by atoms with E-state index < -0.39 is 5.97 Å². The number of rotatable bonds is 66. The Morgan fingerprint density at radius 2 is 0.811 bits per heavy atom. The van der Waals surface area contributed by atoms with Crippen molar-refractivity contribution < 1.29 is 114 Å². The van der Waals surface area contributed by atoms with E-state index in [4.69, 9.17) is 85.6 Å². The largest absolute Gasteiger partial charge is 0.484 e. The van der Waals surface area contributed by atoms with E-state index in [0.717, 1.165) is 25.0 Å². The molecule has 7 N–H and O–H groups in total. The average molecular weight is 1310 g/mol. The topological polar surface area (TPSA) is 352 Å². The van der Waals surface area contributed by atoms with Crippen LogP contribution in [0.15, 0.2) is 24.3 Å². The second-order valence-electron chi connectivity index (χ2n) is 19.7. The number of aliphatic carboxylic acids is 1. The molecule has 0 radical (unpaired) electrons. The van der Waals surface area contributed by atoms with Gasteiger partial charge in [0.1, 0.15) is 5.75 Å². The maximum atomic E-state index is 12.6. The first-order valence-corrected chi connectivity index (χ1v) is 32.2. The molecule has 2 saturated heterocycles. The molecule has 0 aromatic heterocycles. The van der Waals surface area contributed by atoms with Gasteiger partial charge < -0.3 is 118 Å². The Hall–Kier alpha value is -4.65. The highest BCUT2D eigenvalue weighted by molar-refractivity contribution is 8.00.